The summed E-state index contributed by atoms with van der Waals surface area (Å²) >= 11 is 0. The Balaban J connectivity index is 3.91. The van der Waals surface area contributed by atoms with Crippen LogP contribution in [0.25, 0.3) is 0 Å². The number of hydrogen-bond acceptors (Lipinski definition) is 2. The van der Waals surface area contributed by atoms with E-state index in [-0.39, 0.29) is 11.9 Å². The maximum atomic E-state index is 11.5. The average Bonchev–Trinajstić information content (AvgIpc) is 2.13. The van der Waals surface area contributed by atoms with Gasteiger partial charge in [0.25, 0.3) is 0 Å². The minimum atomic E-state index is 0.128. The van der Waals surface area contributed by atoms with Crippen molar-refractivity contribution < 1.29 is 4.79 Å². The van der Waals surface area contributed by atoms with E-state index >= 15 is 0 Å². The number of carbonyl (C=O) groups excluding carboxylic acids is 1. The molecule has 0 fully saturated rings. The van der Waals surface area contributed by atoms with Gasteiger partial charge < -0.3 is 11.1 Å². The third-order valence-electron chi connectivity index (χ3n) is 2.71. The number of nitrogens with one attached hydrogen (secondary N) is 1. The molecule has 0 saturated heterocycles. The first-order chi connectivity index (χ1) is 6.51. The van der Waals surface area contributed by atoms with Gasteiger partial charge in [0.2, 0.25) is 5.91 Å². The standard InChI is InChI=1S/C11H24N2O/c1-5-9(4)13-11(14)6-10(7-12)8(2)3/h8-10H,5-7,12H2,1-4H3,(H,13,14). The zero-order valence-electron chi connectivity index (χ0n) is 9.84. The summed E-state index contributed by atoms with van der Waals surface area (Å²) < 4.78 is 0. The second kappa shape index (κ2) is 6.82. The van der Waals surface area contributed by atoms with Crippen LogP contribution in [0.1, 0.15) is 40.5 Å². The van der Waals surface area contributed by atoms with Crippen LogP contribution in [-0.4, -0.2) is 18.5 Å². The second-order valence-corrected chi connectivity index (χ2v) is 4.32. The zero-order chi connectivity index (χ0) is 11.1. The van der Waals surface area contributed by atoms with Gasteiger partial charge in [-0.2, -0.15) is 0 Å². The molecular formula is C11H24N2O. The lowest BCUT2D eigenvalue weighted by atomic mass is 9.92. The molecule has 84 valence electrons. The Kier molecular flexibility index (Phi) is 6.54. The van der Waals surface area contributed by atoms with E-state index in [0.717, 1.165) is 6.42 Å². The summed E-state index contributed by atoms with van der Waals surface area (Å²) in [6.07, 6.45) is 1.53. The number of carbonyl (C=O) groups is 1. The van der Waals surface area contributed by atoms with Gasteiger partial charge in [0.1, 0.15) is 0 Å². The van der Waals surface area contributed by atoms with Gasteiger partial charge in [0.05, 0.1) is 0 Å². The first kappa shape index (κ1) is 13.4. The molecule has 14 heavy (non-hydrogen) atoms. The topological polar surface area (TPSA) is 55.1 Å². The summed E-state index contributed by atoms with van der Waals surface area (Å²) in [7, 11) is 0. The molecule has 0 heterocycles. The van der Waals surface area contributed by atoms with Crippen LogP contribution in [0.5, 0.6) is 0 Å². The molecule has 0 radical (unpaired) electrons. The van der Waals surface area contributed by atoms with Crippen LogP contribution >= 0.6 is 0 Å². The predicted octanol–water partition coefficient (Wildman–Crippen LogP) is 1.52. The van der Waals surface area contributed by atoms with E-state index in [0.29, 0.717) is 24.8 Å². The molecule has 0 aromatic heterocycles. The molecule has 2 atom stereocenters. The Hall–Kier alpha value is -0.570. The van der Waals surface area contributed by atoms with Crippen molar-refractivity contribution in [3.63, 3.8) is 0 Å². The van der Waals surface area contributed by atoms with Gasteiger partial charge in [-0.15, -0.1) is 0 Å². The average molecular weight is 200 g/mol. The summed E-state index contributed by atoms with van der Waals surface area (Å²) in [5, 5.41) is 2.95. The highest BCUT2D eigenvalue weighted by molar-refractivity contribution is 5.76. The maximum Gasteiger partial charge on any atom is 0.220 e. The molecule has 1 amide bonds. The SMILES string of the molecule is CCC(C)NC(=O)CC(CN)C(C)C. The minimum Gasteiger partial charge on any atom is -0.354 e. The Morgan fingerprint density at radius 1 is 1.36 bits per heavy atom. The van der Waals surface area contributed by atoms with Gasteiger partial charge in [0.15, 0.2) is 0 Å². The van der Waals surface area contributed by atoms with Gasteiger partial charge in [0, 0.05) is 12.5 Å². The summed E-state index contributed by atoms with van der Waals surface area (Å²) in [6, 6.07) is 0.271. The van der Waals surface area contributed by atoms with E-state index in [1.807, 2.05) is 6.92 Å². The van der Waals surface area contributed by atoms with E-state index in [1.54, 1.807) is 0 Å². The molecule has 3 heteroatoms. The molecule has 0 aromatic rings. The molecule has 2 unspecified atom stereocenters. The summed E-state index contributed by atoms with van der Waals surface area (Å²) in [5.41, 5.74) is 5.61. The van der Waals surface area contributed by atoms with Crippen molar-refractivity contribution in [3.05, 3.63) is 0 Å². The van der Waals surface area contributed by atoms with Crippen LogP contribution in [0, 0.1) is 11.8 Å². The van der Waals surface area contributed by atoms with Crippen LogP contribution in [0.4, 0.5) is 0 Å². The number of rotatable bonds is 6. The predicted molar refractivity (Wildman–Crippen MR) is 59.9 cm³/mol. The van der Waals surface area contributed by atoms with Crippen molar-refractivity contribution in [1.29, 1.82) is 0 Å². The Bertz CT molecular complexity index is 169. The molecule has 0 aliphatic rings. The summed E-state index contributed by atoms with van der Waals surface area (Å²) in [5.74, 6) is 0.908. The molecular weight excluding hydrogens is 176 g/mol. The molecule has 0 aromatic carbocycles. The lowest BCUT2D eigenvalue weighted by Crippen LogP contribution is -2.35. The molecule has 0 spiro atoms. The van der Waals surface area contributed by atoms with E-state index in [9.17, 15) is 4.79 Å². The van der Waals surface area contributed by atoms with Crippen molar-refractivity contribution >= 4 is 5.91 Å². The highest BCUT2D eigenvalue weighted by Crippen LogP contribution is 2.13. The molecule has 3 nitrogen and oxygen atoms in total. The van der Waals surface area contributed by atoms with Crippen LogP contribution < -0.4 is 11.1 Å². The van der Waals surface area contributed by atoms with Crippen LogP contribution in [-0.2, 0) is 4.79 Å². The Labute approximate surface area is 87.4 Å². The normalized spacial score (nSPS) is 15.3. The van der Waals surface area contributed by atoms with Crippen molar-refractivity contribution in [2.75, 3.05) is 6.54 Å². The van der Waals surface area contributed by atoms with Gasteiger partial charge in [-0.1, -0.05) is 20.8 Å². The molecule has 3 N–H and O–H groups in total. The van der Waals surface area contributed by atoms with Gasteiger partial charge in [-0.25, -0.2) is 0 Å². The maximum absolute atomic E-state index is 11.5. The van der Waals surface area contributed by atoms with Crippen molar-refractivity contribution in [1.82, 2.24) is 5.32 Å². The fourth-order valence-corrected chi connectivity index (χ4v) is 1.27. The Morgan fingerprint density at radius 2 is 1.93 bits per heavy atom. The fraction of sp³-hybridized carbons (Fsp3) is 0.909. The molecule has 0 aliphatic heterocycles. The first-order valence-corrected chi connectivity index (χ1v) is 5.50. The van der Waals surface area contributed by atoms with Crippen molar-refractivity contribution in [2.45, 2.75) is 46.6 Å². The molecule has 0 saturated carbocycles. The minimum absolute atomic E-state index is 0.128. The van der Waals surface area contributed by atoms with E-state index < -0.39 is 0 Å². The largest absolute Gasteiger partial charge is 0.354 e. The molecule has 0 aliphatic carbocycles. The smallest absolute Gasteiger partial charge is 0.220 e. The molecule has 0 bridgehead atoms. The monoisotopic (exact) mass is 200 g/mol. The third-order valence-corrected chi connectivity index (χ3v) is 2.71. The number of amides is 1. The van der Waals surface area contributed by atoms with Crippen LogP contribution in [0.3, 0.4) is 0 Å². The van der Waals surface area contributed by atoms with E-state index in [4.69, 9.17) is 5.73 Å². The van der Waals surface area contributed by atoms with Crippen molar-refractivity contribution in [3.8, 4) is 0 Å². The lowest BCUT2D eigenvalue weighted by molar-refractivity contribution is -0.122. The number of hydrogen-bond donors (Lipinski definition) is 2. The lowest BCUT2D eigenvalue weighted by Gasteiger charge is -2.19. The van der Waals surface area contributed by atoms with Gasteiger partial charge in [-0.05, 0) is 31.7 Å². The van der Waals surface area contributed by atoms with Gasteiger partial charge in [-0.3, -0.25) is 4.79 Å². The molecule has 0 rings (SSSR count). The summed E-state index contributed by atoms with van der Waals surface area (Å²) in [6.45, 7) is 8.88. The highest BCUT2D eigenvalue weighted by atomic mass is 16.1. The highest BCUT2D eigenvalue weighted by Gasteiger charge is 2.16. The first-order valence-electron chi connectivity index (χ1n) is 5.50. The van der Waals surface area contributed by atoms with Gasteiger partial charge >= 0.3 is 0 Å². The van der Waals surface area contributed by atoms with E-state index in [2.05, 4.69) is 26.1 Å². The van der Waals surface area contributed by atoms with E-state index in [1.165, 1.54) is 0 Å². The number of nitrogens with two attached hydrogens (primary N) is 1. The third kappa shape index (κ3) is 5.22. The Morgan fingerprint density at radius 3 is 2.29 bits per heavy atom. The second-order valence-electron chi connectivity index (χ2n) is 4.32. The zero-order valence-corrected chi connectivity index (χ0v) is 9.84. The summed E-state index contributed by atoms with van der Waals surface area (Å²) in [4.78, 5) is 11.5. The quantitative estimate of drug-likeness (QED) is 0.683. The van der Waals surface area contributed by atoms with Crippen molar-refractivity contribution in [2.24, 2.45) is 17.6 Å². The van der Waals surface area contributed by atoms with Crippen LogP contribution in [0.15, 0.2) is 0 Å². The van der Waals surface area contributed by atoms with Crippen LogP contribution in [0.2, 0.25) is 0 Å². The fourth-order valence-electron chi connectivity index (χ4n) is 1.27.